The van der Waals surface area contributed by atoms with Crippen molar-refractivity contribution in [1.29, 1.82) is 0 Å². The molecule has 0 saturated carbocycles. The topological polar surface area (TPSA) is 83.6 Å². The van der Waals surface area contributed by atoms with Gasteiger partial charge in [-0.05, 0) is 0 Å². The minimum Gasteiger partial charge on any atom is -0.349 e. The Hall–Kier alpha value is -1.98. The summed E-state index contributed by atoms with van der Waals surface area (Å²) >= 11 is 0. The molecule has 6 nitrogen and oxygen atoms in total. The van der Waals surface area contributed by atoms with Crippen molar-refractivity contribution in [2.75, 3.05) is 13.1 Å². The van der Waals surface area contributed by atoms with Crippen molar-refractivity contribution in [3.63, 3.8) is 0 Å². The molecule has 98 valence electrons. The van der Waals surface area contributed by atoms with Crippen LogP contribution < -0.4 is 5.32 Å². The molecule has 18 heavy (non-hydrogen) atoms. The Labute approximate surface area is 105 Å². The highest BCUT2D eigenvalue weighted by molar-refractivity contribution is 6.13. The molecule has 0 aliphatic carbocycles. The van der Waals surface area contributed by atoms with Gasteiger partial charge in [-0.15, -0.1) is 0 Å². The Bertz CT molecular complexity index is 394. The second kappa shape index (κ2) is 6.09. The number of nitrogens with one attached hydrogen (secondary N) is 1. The first-order chi connectivity index (χ1) is 8.41. The van der Waals surface area contributed by atoms with Crippen LogP contribution in [0.4, 0.5) is 0 Å². The number of carbonyl (C=O) groups is 4. The summed E-state index contributed by atoms with van der Waals surface area (Å²) < 4.78 is 0. The summed E-state index contributed by atoms with van der Waals surface area (Å²) in [6.07, 6.45) is 2.34. The van der Waals surface area contributed by atoms with Crippen LogP contribution in [0, 0.1) is 5.92 Å². The van der Waals surface area contributed by atoms with E-state index in [2.05, 4.69) is 5.32 Å². The van der Waals surface area contributed by atoms with E-state index in [0.717, 1.165) is 4.90 Å². The largest absolute Gasteiger partial charge is 0.349 e. The standard InChI is InChI=1S/C12H16N2O4/c1-8(2)9(15)7-13-10(16)5-6-14-11(17)3-4-12(14)18/h3-4,8H,5-7H2,1-2H3,(H,13,16). The van der Waals surface area contributed by atoms with Crippen molar-refractivity contribution in [2.24, 2.45) is 5.92 Å². The first-order valence-corrected chi connectivity index (χ1v) is 5.74. The zero-order valence-electron chi connectivity index (χ0n) is 10.4. The van der Waals surface area contributed by atoms with Crippen molar-refractivity contribution in [2.45, 2.75) is 20.3 Å². The van der Waals surface area contributed by atoms with Crippen LogP contribution in [0.2, 0.25) is 0 Å². The van der Waals surface area contributed by atoms with Gasteiger partial charge in [0, 0.05) is 31.0 Å². The number of hydrogen-bond acceptors (Lipinski definition) is 4. The lowest BCUT2D eigenvalue weighted by Gasteiger charge is -2.13. The van der Waals surface area contributed by atoms with E-state index in [-0.39, 0.29) is 37.1 Å². The molecule has 0 unspecified atom stereocenters. The molecule has 0 saturated heterocycles. The van der Waals surface area contributed by atoms with E-state index in [1.54, 1.807) is 13.8 Å². The number of nitrogens with zero attached hydrogens (tertiary/aromatic N) is 1. The van der Waals surface area contributed by atoms with Crippen LogP contribution in [0.15, 0.2) is 12.2 Å². The summed E-state index contributed by atoms with van der Waals surface area (Å²) in [5, 5.41) is 2.46. The lowest BCUT2D eigenvalue weighted by Crippen LogP contribution is -2.36. The van der Waals surface area contributed by atoms with Gasteiger partial charge >= 0.3 is 0 Å². The van der Waals surface area contributed by atoms with Gasteiger partial charge in [0.25, 0.3) is 11.8 Å². The molecule has 0 spiro atoms. The van der Waals surface area contributed by atoms with E-state index in [4.69, 9.17) is 0 Å². The molecular formula is C12H16N2O4. The van der Waals surface area contributed by atoms with Crippen LogP contribution in [-0.2, 0) is 19.2 Å². The van der Waals surface area contributed by atoms with E-state index < -0.39 is 11.8 Å². The molecular weight excluding hydrogens is 236 g/mol. The molecule has 1 heterocycles. The number of rotatable bonds is 6. The molecule has 0 fully saturated rings. The maximum absolute atomic E-state index is 11.4. The van der Waals surface area contributed by atoms with Gasteiger partial charge in [0.2, 0.25) is 5.91 Å². The summed E-state index contributed by atoms with van der Waals surface area (Å²) in [6, 6.07) is 0. The molecule has 0 aromatic heterocycles. The molecule has 0 bridgehead atoms. The highest BCUT2D eigenvalue weighted by Gasteiger charge is 2.23. The van der Waals surface area contributed by atoms with Gasteiger partial charge in [-0.1, -0.05) is 13.8 Å². The van der Waals surface area contributed by atoms with Gasteiger partial charge in [-0.25, -0.2) is 0 Å². The Morgan fingerprint density at radius 2 is 1.78 bits per heavy atom. The monoisotopic (exact) mass is 252 g/mol. The SMILES string of the molecule is CC(C)C(=O)CNC(=O)CCN1C(=O)C=CC1=O. The fourth-order valence-electron chi connectivity index (χ4n) is 1.34. The van der Waals surface area contributed by atoms with Gasteiger partial charge in [-0.3, -0.25) is 24.1 Å². The summed E-state index contributed by atoms with van der Waals surface area (Å²) in [6.45, 7) is 3.52. The van der Waals surface area contributed by atoms with Crippen LogP contribution in [0.3, 0.4) is 0 Å². The number of hydrogen-bond donors (Lipinski definition) is 1. The molecule has 0 aromatic carbocycles. The van der Waals surface area contributed by atoms with Crippen molar-refractivity contribution >= 4 is 23.5 Å². The summed E-state index contributed by atoms with van der Waals surface area (Å²) in [7, 11) is 0. The van der Waals surface area contributed by atoms with E-state index in [0.29, 0.717) is 0 Å². The Balaban J connectivity index is 2.28. The molecule has 1 aliphatic rings. The van der Waals surface area contributed by atoms with E-state index in [1.807, 2.05) is 0 Å². The second-order valence-corrected chi connectivity index (χ2v) is 4.31. The highest BCUT2D eigenvalue weighted by atomic mass is 16.2. The summed E-state index contributed by atoms with van der Waals surface area (Å²) in [4.78, 5) is 46.0. The lowest BCUT2D eigenvalue weighted by atomic mass is 10.1. The van der Waals surface area contributed by atoms with Gasteiger partial charge in [0.15, 0.2) is 5.78 Å². The fraction of sp³-hybridized carbons (Fsp3) is 0.500. The summed E-state index contributed by atoms with van der Waals surface area (Å²) in [5.41, 5.74) is 0. The van der Waals surface area contributed by atoms with E-state index >= 15 is 0 Å². The van der Waals surface area contributed by atoms with E-state index in [1.165, 1.54) is 12.2 Å². The molecule has 0 aromatic rings. The zero-order valence-corrected chi connectivity index (χ0v) is 10.4. The number of carbonyl (C=O) groups excluding carboxylic acids is 4. The predicted molar refractivity (Wildman–Crippen MR) is 63.3 cm³/mol. The number of Topliss-reactive ketones (excluding diaryl/α,β-unsaturated/α-hetero) is 1. The third-order valence-corrected chi connectivity index (χ3v) is 2.57. The van der Waals surface area contributed by atoms with Crippen molar-refractivity contribution < 1.29 is 19.2 Å². The quantitative estimate of drug-likeness (QED) is 0.654. The minimum absolute atomic E-state index is 0.00450. The van der Waals surface area contributed by atoms with Crippen molar-refractivity contribution in [3.8, 4) is 0 Å². The number of ketones is 1. The Kier molecular flexibility index (Phi) is 4.76. The van der Waals surface area contributed by atoms with Crippen molar-refractivity contribution in [3.05, 3.63) is 12.2 Å². The molecule has 0 radical (unpaired) electrons. The Morgan fingerprint density at radius 3 is 2.28 bits per heavy atom. The maximum atomic E-state index is 11.4. The van der Waals surface area contributed by atoms with Crippen LogP contribution in [0.5, 0.6) is 0 Å². The third-order valence-electron chi connectivity index (χ3n) is 2.57. The second-order valence-electron chi connectivity index (χ2n) is 4.31. The van der Waals surface area contributed by atoms with Crippen LogP contribution in [0.1, 0.15) is 20.3 Å². The van der Waals surface area contributed by atoms with Crippen molar-refractivity contribution in [1.82, 2.24) is 10.2 Å². The normalized spacial score (nSPS) is 14.5. The smallest absolute Gasteiger partial charge is 0.253 e. The van der Waals surface area contributed by atoms with Crippen LogP contribution >= 0.6 is 0 Å². The van der Waals surface area contributed by atoms with Gasteiger partial charge < -0.3 is 5.32 Å². The van der Waals surface area contributed by atoms with Crippen LogP contribution in [-0.4, -0.2) is 41.5 Å². The average molecular weight is 252 g/mol. The van der Waals surface area contributed by atoms with Gasteiger partial charge in [0.1, 0.15) is 0 Å². The predicted octanol–water partition coefficient (Wildman–Crippen LogP) is -0.357. The first kappa shape index (κ1) is 14.1. The molecule has 1 rings (SSSR count). The molecule has 1 aliphatic heterocycles. The average Bonchev–Trinajstić information content (AvgIpc) is 2.63. The zero-order chi connectivity index (χ0) is 13.7. The fourth-order valence-corrected chi connectivity index (χ4v) is 1.34. The molecule has 0 atom stereocenters. The molecule has 3 amide bonds. The summed E-state index contributed by atoms with van der Waals surface area (Å²) in [5.74, 6) is -1.36. The van der Waals surface area contributed by atoms with Crippen LogP contribution in [0.25, 0.3) is 0 Å². The number of imide groups is 1. The Morgan fingerprint density at radius 1 is 1.22 bits per heavy atom. The first-order valence-electron chi connectivity index (χ1n) is 5.74. The minimum atomic E-state index is -0.411. The van der Waals surface area contributed by atoms with Gasteiger partial charge in [-0.2, -0.15) is 0 Å². The lowest BCUT2D eigenvalue weighted by molar-refractivity contribution is -0.137. The maximum Gasteiger partial charge on any atom is 0.253 e. The number of amides is 3. The molecule has 6 heteroatoms. The molecule has 1 N–H and O–H groups in total. The van der Waals surface area contributed by atoms with E-state index in [9.17, 15) is 19.2 Å². The highest BCUT2D eigenvalue weighted by Crippen LogP contribution is 2.03. The van der Waals surface area contributed by atoms with Gasteiger partial charge in [0.05, 0.1) is 6.54 Å². The third kappa shape index (κ3) is 3.80.